The lowest BCUT2D eigenvalue weighted by Gasteiger charge is -2.26. The van der Waals surface area contributed by atoms with Crippen molar-refractivity contribution in [3.63, 3.8) is 0 Å². The summed E-state index contributed by atoms with van der Waals surface area (Å²) < 4.78 is 16.8. The predicted octanol–water partition coefficient (Wildman–Crippen LogP) is 3.29. The second kappa shape index (κ2) is 6.98. The fraction of sp³-hybridized carbons (Fsp3) is 0.400. The van der Waals surface area contributed by atoms with E-state index in [1.54, 1.807) is 11.8 Å². The molecule has 1 fully saturated rings. The third-order valence-electron chi connectivity index (χ3n) is 5.04. The van der Waals surface area contributed by atoms with Gasteiger partial charge in [0.05, 0.1) is 6.04 Å². The highest BCUT2D eigenvalue weighted by atomic mass is 16.6. The molecule has 0 radical (unpaired) electrons. The molecule has 0 aliphatic carbocycles. The number of carbonyl (C=O) groups is 2. The molecule has 4 rings (SSSR count). The van der Waals surface area contributed by atoms with Gasteiger partial charge < -0.3 is 23.9 Å². The summed E-state index contributed by atoms with van der Waals surface area (Å²) in [5.74, 6) is 0.437. The number of fused-ring (bicyclic) bond motifs is 1. The molecule has 142 valence electrons. The minimum Gasteiger partial charge on any atom is -0.486 e. The molecular formula is C20H21NO6. The molecule has 1 saturated heterocycles. The number of nitrogens with zero attached hydrogens (tertiary/aromatic N) is 1. The third kappa shape index (κ3) is 3.13. The van der Waals surface area contributed by atoms with E-state index < -0.39 is 5.97 Å². The molecule has 2 aliphatic rings. The van der Waals surface area contributed by atoms with Gasteiger partial charge in [0, 0.05) is 19.0 Å². The SMILES string of the molecule is CCc1oc(C(=O)N2CCCC2c2ccc3c(c2)OCCO3)cc1C(=O)O. The van der Waals surface area contributed by atoms with Crippen molar-refractivity contribution >= 4 is 11.9 Å². The Bertz CT molecular complexity index is 887. The van der Waals surface area contributed by atoms with Crippen LogP contribution in [0.25, 0.3) is 0 Å². The zero-order valence-electron chi connectivity index (χ0n) is 15.1. The number of benzene rings is 1. The number of rotatable bonds is 4. The van der Waals surface area contributed by atoms with Crippen molar-refractivity contribution in [2.45, 2.75) is 32.2 Å². The highest BCUT2D eigenvalue weighted by Crippen LogP contribution is 2.38. The molecule has 2 aliphatic heterocycles. The molecule has 1 aromatic heterocycles. The molecule has 1 N–H and O–H groups in total. The Balaban J connectivity index is 1.61. The quantitative estimate of drug-likeness (QED) is 0.887. The van der Waals surface area contributed by atoms with Crippen molar-refractivity contribution in [2.75, 3.05) is 19.8 Å². The number of likely N-dealkylation sites (tertiary alicyclic amines) is 1. The summed E-state index contributed by atoms with van der Waals surface area (Å²) >= 11 is 0. The van der Waals surface area contributed by atoms with Crippen molar-refractivity contribution in [3.05, 3.63) is 46.9 Å². The highest BCUT2D eigenvalue weighted by molar-refractivity contribution is 5.96. The molecule has 0 saturated carbocycles. The number of aromatic carboxylic acids is 1. The summed E-state index contributed by atoms with van der Waals surface area (Å²) in [6.45, 7) is 3.44. The molecule has 1 aromatic carbocycles. The van der Waals surface area contributed by atoms with Crippen LogP contribution < -0.4 is 9.47 Å². The number of ether oxygens (including phenoxy) is 2. The Morgan fingerprint density at radius 2 is 1.96 bits per heavy atom. The molecule has 2 aromatic rings. The van der Waals surface area contributed by atoms with Crippen LogP contribution in [0.1, 0.15) is 58.0 Å². The van der Waals surface area contributed by atoms with E-state index >= 15 is 0 Å². The van der Waals surface area contributed by atoms with Crippen LogP contribution in [-0.4, -0.2) is 41.6 Å². The summed E-state index contributed by atoms with van der Waals surface area (Å²) in [7, 11) is 0. The van der Waals surface area contributed by atoms with Crippen LogP contribution in [-0.2, 0) is 6.42 Å². The molecular weight excluding hydrogens is 350 g/mol. The van der Waals surface area contributed by atoms with E-state index in [1.165, 1.54) is 6.07 Å². The van der Waals surface area contributed by atoms with Gasteiger partial charge >= 0.3 is 5.97 Å². The maximum absolute atomic E-state index is 13.0. The van der Waals surface area contributed by atoms with Crippen LogP contribution >= 0.6 is 0 Å². The number of carboxylic acids is 1. The first-order valence-corrected chi connectivity index (χ1v) is 9.15. The number of aryl methyl sites for hydroxylation is 1. The monoisotopic (exact) mass is 371 g/mol. The normalized spacial score (nSPS) is 18.6. The van der Waals surface area contributed by atoms with Gasteiger partial charge in [-0.3, -0.25) is 4.79 Å². The maximum atomic E-state index is 13.0. The number of hydrogen-bond acceptors (Lipinski definition) is 5. The van der Waals surface area contributed by atoms with Crippen molar-refractivity contribution in [2.24, 2.45) is 0 Å². The molecule has 3 heterocycles. The van der Waals surface area contributed by atoms with Crippen LogP contribution in [0, 0.1) is 0 Å². The van der Waals surface area contributed by atoms with E-state index in [1.807, 2.05) is 18.2 Å². The maximum Gasteiger partial charge on any atom is 0.339 e. The number of amides is 1. The van der Waals surface area contributed by atoms with Crippen molar-refractivity contribution in [3.8, 4) is 11.5 Å². The molecule has 0 spiro atoms. The third-order valence-corrected chi connectivity index (χ3v) is 5.04. The molecule has 7 heteroatoms. The Morgan fingerprint density at radius 1 is 1.19 bits per heavy atom. The van der Waals surface area contributed by atoms with Crippen LogP contribution in [0.15, 0.2) is 28.7 Å². The van der Waals surface area contributed by atoms with E-state index in [4.69, 9.17) is 13.9 Å². The zero-order valence-corrected chi connectivity index (χ0v) is 15.1. The average molecular weight is 371 g/mol. The predicted molar refractivity (Wildman–Crippen MR) is 95.5 cm³/mol. The Labute approximate surface area is 156 Å². The highest BCUT2D eigenvalue weighted by Gasteiger charge is 2.34. The molecule has 1 unspecified atom stereocenters. The van der Waals surface area contributed by atoms with Gasteiger partial charge in [-0.2, -0.15) is 0 Å². The van der Waals surface area contributed by atoms with Gasteiger partial charge in [-0.05, 0) is 30.5 Å². The minimum absolute atomic E-state index is 0.0518. The van der Waals surface area contributed by atoms with Gasteiger partial charge in [-0.15, -0.1) is 0 Å². The molecule has 7 nitrogen and oxygen atoms in total. The first-order chi connectivity index (χ1) is 13.1. The number of carboxylic acid groups (broad SMARTS) is 1. The second-order valence-electron chi connectivity index (χ2n) is 6.67. The summed E-state index contributed by atoms with van der Waals surface area (Å²) in [4.78, 5) is 26.1. The lowest BCUT2D eigenvalue weighted by atomic mass is 10.0. The van der Waals surface area contributed by atoms with Crippen LogP contribution in [0.4, 0.5) is 0 Å². The Hall–Kier alpha value is -2.96. The van der Waals surface area contributed by atoms with Crippen LogP contribution in [0.3, 0.4) is 0 Å². The van der Waals surface area contributed by atoms with Gasteiger partial charge in [0.25, 0.3) is 5.91 Å². The van der Waals surface area contributed by atoms with Crippen molar-refractivity contribution < 1.29 is 28.6 Å². The lowest BCUT2D eigenvalue weighted by molar-refractivity contribution is 0.0687. The molecule has 1 amide bonds. The molecule has 27 heavy (non-hydrogen) atoms. The standard InChI is InChI=1S/C20H21NO6/c1-2-15-13(20(23)24)11-18(27-15)19(22)21-7-3-4-14(21)12-5-6-16-17(10-12)26-9-8-25-16/h5-6,10-11,14H,2-4,7-9H2,1H3,(H,23,24). The van der Waals surface area contributed by atoms with E-state index in [2.05, 4.69) is 0 Å². The first-order valence-electron chi connectivity index (χ1n) is 9.15. The van der Waals surface area contributed by atoms with Gasteiger partial charge in [0.2, 0.25) is 0 Å². The smallest absolute Gasteiger partial charge is 0.339 e. The fourth-order valence-electron chi connectivity index (χ4n) is 3.74. The molecule has 1 atom stereocenters. The van der Waals surface area contributed by atoms with Gasteiger partial charge in [-0.25, -0.2) is 4.79 Å². The van der Waals surface area contributed by atoms with E-state index in [-0.39, 0.29) is 23.3 Å². The summed E-state index contributed by atoms with van der Waals surface area (Å²) in [5, 5.41) is 9.29. The topological polar surface area (TPSA) is 89.2 Å². The number of hydrogen-bond donors (Lipinski definition) is 1. The van der Waals surface area contributed by atoms with Gasteiger partial charge in [0.1, 0.15) is 24.5 Å². The zero-order chi connectivity index (χ0) is 19.0. The van der Waals surface area contributed by atoms with E-state index in [9.17, 15) is 14.7 Å². The second-order valence-corrected chi connectivity index (χ2v) is 6.67. The van der Waals surface area contributed by atoms with Crippen LogP contribution in [0.2, 0.25) is 0 Å². The van der Waals surface area contributed by atoms with Crippen molar-refractivity contribution in [1.82, 2.24) is 4.90 Å². The Kier molecular flexibility index (Phi) is 4.51. The largest absolute Gasteiger partial charge is 0.486 e. The minimum atomic E-state index is -1.08. The lowest BCUT2D eigenvalue weighted by Crippen LogP contribution is -2.30. The summed E-state index contributed by atoms with van der Waals surface area (Å²) in [6, 6.07) is 6.98. The van der Waals surface area contributed by atoms with Crippen molar-refractivity contribution in [1.29, 1.82) is 0 Å². The van der Waals surface area contributed by atoms with Gasteiger partial charge in [0.15, 0.2) is 17.3 Å². The average Bonchev–Trinajstić information content (AvgIpc) is 3.34. The van der Waals surface area contributed by atoms with E-state index in [0.717, 1.165) is 18.4 Å². The number of carbonyl (C=O) groups excluding carboxylic acids is 1. The summed E-state index contributed by atoms with van der Waals surface area (Å²) in [6.07, 6.45) is 2.12. The van der Waals surface area contributed by atoms with Gasteiger partial charge in [-0.1, -0.05) is 13.0 Å². The van der Waals surface area contributed by atoms with Crippen LogP contribution in [0.5, 0.6) is 11.5 Å². The molecule has 0 bridgehead atoms. The first kappa shape index (κ1) is 17.5. The number of furan rings is 1. The summed E-state index contributed by atoms with van der Waals surface area (Å²) in [5.41, 5.74) is 1.03. The van der Waals surface area contributed by atoms with E-state index in [0.29, 0.717) is 43.4 Å². The fourth-order valence-corrected chi connectivity index (χ4v) is 3.74. The Morgan fingerprint density at radius 3 is 2.67 bits per heavy atom.